The van der Waals surface area contributed by atoms with E-state index >= 15 is 0 Å². The Morgan fingerprint density at radius 1 is 1.20 bits per heavy atom. The third kappa shape index (κ3) is 4.89. The van der Waals surface area contributed by atoms with Crippen LogP contribution in [0.2, 0.25) is 0 Å². The summed E-state index contributed by atoms with van der Waals surface area (Å²) < 4.78 is 21.1. The molecule has 184 valence electrons. The predicted octanol–water partition coefficient (Wildman–Crippen LogP) is 2.68. The van der Waals surface area contributed by atoms with Crippen LogP contribution in [0, 0.1) is 3.83 Å². The molecule has 5 atom stereocenters. The lowest BCUT2D eigenvalue weighted by molar-refractivity contribution is -0.128. The number of hydrogen-bond donors (Lipinski definition) is 3. The van der Waals surface area contributed by atoms with Crippen LogP contribution in [-0.2, 0) is 14.2 Å². The maximum Gasteiger partial charge on any atom is 0.320 e. The Labute approximate surface area is 215 Å². The van der Waals surface area contributed by atoms with E-state index in [1.165, 1.54) is 6.33 Å². The number of benzene rings is 1. The molecule has 35 heavy (non-hydrogen) atoms. The van der Waals surface area contributed by atoms with Crippen LogP contribution in [0.25, 0.3) is 17.2 Å². The molecular formula is C23H25IN6O5. The number of amides is 2. The van der Waals surface area contributed by atoms with Gasteiger partial charge in [-0.1, -0.05) is 36.4 Å². The fourth-order valence-corrected chi connectivity index (χ4v) is 5.03. The maximum atomic E-state index is 12.1. The van der Waals surface area contributed by atoms with Crippen molar-refractivity contribution < 1.29 is 24.1 Å². The second-order valence-electron chi connectivity index (χ2n) is 8.05. The van der Waals surface area contributed by atoms with Crippen molar-refractivity contribution >= 4 is 51.7 Å². The first-order valence-corrected chi connectivity index (χ1v) is 12.4. The zero-order valence-electron chi connectivity index (χ0n) is 18.9. The molecule has 5 unspecified atom stereocenters. The summed E-state index contributed by atoms with van der Waals surface area (Å²) in [5.74, 6) is 0.298. The van der Waals surface area contributed by atoms with Crippen molar-refractivity contribution in [2.24, 2.45) is 0 Å². The minimum Gasteiger partial charge on any atom is -0.396 e. The number of nitrogens with zero attached hydrogens (tertiary/aromatic N) is 4. The van der Waals surface area contributed by atoms with Gasteiger partial charge in [-0.05, 0) is 25.0 Å². The van der Waals surface area contributed by atoms with Gasteiger partial charge in [-0.25, -0.2) is 19.7 Å². The molecule has 5 rings (SSSR count). The van der Waals surface area contributed by atoms with Gasteiger partial charge in [-0.15, -0.1) is 0 Å². The van der Waals surface area contributed by atoms with Gasteiger partial charge in [0.25, 0.3) is 0 Å². The van der Waals surface area contributed by atoms with Gasteiger partial charge in [0.1, 0.15) is 18.5 Å². The lowest BCUT2D eigenvalue weighted by Crippen LogP contribution is -2.29. The molecule has 1 aromatic carbocycles. The number of rotatable bonds is 7. The average molecular weight is 592 g/mol. The zero-order chi connectivity index (χ0) is 24.4. The molecule has 2 fully saturated rings. The first-order chi connectivity index (χ1) is 17.1. The minimum atomic E-state index is -0.587. The Bertz CT molecular complexity index is 1220. The second kappa shape index (κ2) is 10.5. The third-order valence-corrected chi connectivity index (χ3v) is 6.55. The van der Waals surface area contributed by atoms with Gasteiger partial charge >= 0.3 is 6.03 Å². The number of aliphatic hydroxyl groups is 1. The second-order valence-corrected chi connectivity index (χ2v) is 9.01. The molecule has 3 aromatic rings. The third-order valence-electron chi connectivity index (χ3n) is 5.78. The van der Waals surface area contributed by atoms with Crippen LogP contribution in [-0.4, -0.2) is 68.4 Å². The standard InChI is InChI=1S/C23H25IN6O5/c1-2-25-23(32)29-19-16-20(27-12-26-19)30(22(24)28-16)21-18-17(14(33-21)10-11-31)34-15(35-18)9-8-13-6-4-3-5-7-13/h3-9,12,14-15,17-18,21,31H,2,10-11H2,1H3,(H2,25,26,27,29,32). The number of halogens is 1. The molecule has 12 heteroatoms. The van der Waals surface area contributed by atoms with Crippen molar-refractivity contribution in [2.75, 3.05) is 18.5 Å². The molecule has 4 heterocycles. The van der Waals surface area contributed by atoms with Gasteiger partial charge in [0, 0.05) is 35.7 Å². The maximum absolute atomic E-state index is 12.1. The van der Waals surface area contributed by atoms with E-state index in [0.717, 1.165) is 5.56 Å². The monoisotopic (exact) mass is 592 g/mol. The molecule has 2 aromatic heterocycles. The summed E-state index contributed by atoms with van der Waals surface area (Å²) in [6.07, 6.45) is 3.25. The molecule has 0 spiro atoms. The summed E-state index contributed by atoms with van der Waals surface area (Å²) in [6.45, 7) is 2.27. The quantitative estimate of drug-likeness (QED) is 0.282. The number of aromatic nitrogens is 4. The van der Waals surface area contributed by atoms with Crippen molar-refractivity contribution in [3.8, 4) is 0 Å². The largest absolute Gasteiger partial charge is 0.396 e. The fraction of sp³-hybridized carbons (Fsp3) is 0.391. The van der Waals surface area contributed by atoms with Crippen molar-refractivity contribution in [2.45, 2.75) is 44.2 Å². The van der Waals surface area contributed by atoms with E-state index in [9.17, 15) is 9.90 Å². The van der Waals surface area contributed by atoms with Crippen molar-refractivity contribution in [1.82, 2.24) is 24.8 Å². The number of ether oxygens (including phenoxy) is 3. The zero-order valence-corrected chi connectivity index (χ0v) is 21.0. The van der Waals surface area contributed by atoms with E-state index in [4.69, 9.17) is 14.2 Å². The van der Waals surface area contributed by atoms with Crippen molar-refractivity contribution in [1.29, 1.82) is 0 Å². The number of hydrogen-bond acceptors (Lipinski definition) is 8. The Morgan fingerprint density at radius 3 is 2.77 bits per heavy atom. The van der Waals surface area contributed by atoms with Crippen molar-refractivity contribution in [3.63, 3.8) is 0 Å². The normalized spacial score (nSPS) is 25.9. The molecule has 2 saturated heterocycles. The first kappa shape index (κ1) is 24.1. The molecule has 0 bridgehead atoms. The molecule has 0 saturated carbocycles. The Balaban J connectivity index is 1.44. The molecule has 3 N–H and O–H groups in total. The first-order valence-electron chi connectivity index (χ1n) is 11.3. The van der Waals surface area contributed by atoms with E-state index in [1.807, 2.05) is 54.0 Å². The van der Waals surface area contributed by atoms with Gasteiger partial charge in [-0.2, -0.15) is 0 Å². The van der Waals surface area contributed by atoms with Gasteiger partial charge in [0.05, 0.1) is 6.10 Å². The van der Waals surface area contributed by atoms with Crippen LogP contribution >= 0.6 is 22.6 Å². The van der Waals surface area contributed by atoms with E-state index < -0.39 is 18.6 Å². The van der Waals surface area contributed by atoms with E-state index in [0.29, 0.717) is 33.8 Å². The number of aliphatic hydroxyl groups excluding tert-OH is 1. The number of anilines is 1. The number of carbonyl (C=O) groups is 1. The highest BCUT2D eigenvalue weighted by atomic mass is 127. The number of nitrogens with one attached hydrogen (secondary N) is 2. The Morgan fingerprint density at radius 2 is 2.00 bits per heavy atom. The van der Waals surface area contributed by atoms with Crippen LogP contribution in [0.15, 0.2) is 42.7 Å². The summed E-state index contributed by atoms with van der Waals surface area (Å²) >= 11 is 2.10. The predicted molar refractivity (Wildman–Crippen MR) is 135 cm³/mol. The van der Waals surface area contributed by atoms with Crippen LogP contribution in [0.4, 0.5) is 10.6 Å². The summed E-state index contributed by atoms with van der Waals surface area (Å²) in [5.41, 5.74) is 1.97. The summed E-state index contributed by atoms with van der Waals surface area (Å²) in [5, 5.41) is 15.0. The number of imidazole rings is 1. The molecule has 2 aliphatic heterocycles. The van der Waals surface area contributed by atoms with Gasteiger partial charge in [0.2, 0.25) is 0 Å². The number of carbonyl (C=O) groups excluding carboxylic acids is 1. The molecule has 2 aliphatic rings. The number of fused-ring (bicyclic) bond motifs is 2. The summed E-state index contributed by atoms with van der Waals surface area (Å²) in [4.78, 5) is 25.3. The average Bonchev–Trinajstić information content (AvgIpc) is 3.51. The number of urea groups is 1. The lowest BCUT2D eigenvalue weighted by Gasteiger charge is -2.20. The SMILES string of the molecule is CCNC(=O)Nc1ncnc2c1nc(I)n2C1OC(CCO)C2OC(C=Cc3ccccc3)OC21. The fourth-order valence-electron chi connectivity index (χ4n) is 4.28. The van der Waals surface area contributed by atoms with Crippen LogP contribution in [0.5, 0.6) is 0 Å². The summed E-state index contributed by atoms with van der Waals surface area (Å²) in [7, 11) is 0. The molecule has 0 radical (unpaired) electrons. The van der Waals surface area contributed by atoms with Crippen LogP contribution in [0.3, 0.4) is 0 Å². The topological polar surface area (TPSA) is 133 Å². The highest BCUT2D eigenvalue weighted by molar-refractivity contribution is 14.1. The molecule has 2 amide bonds. The van der Waals surface area contributed by atoms with Crippen LogP contribution in [0.1, 0.15) is 25.1 Å². The van der Waals surface area contributed by atoms with Crippen LogP contribution < -0.4 is 10.6 Å². The molecular weight excluding hydrogens is 567 g/mol. The van der Waals surface area contributed by atoms with E-state index in [2.05, 4.69) is 48.2 Å². The van der Waals surface area contributed by atoms with E-state index in [1.54, 1.807) is 0 Å². The smallest absolute Gasteiger partial charge is 0.320 e. The van der Waals surface area contributed by atoms with Gasteiger partial charge < -0.3 is 24.6 Å². The highest BCUT2D eigenvalue weighted by Crippen LogP contribution is 2.42. The molecule has 0 aliphatic carbocycles. The minimum absolute atomic E-state index is 0.0426. The van der Waals surface area contributed by atoms with Crippen molar-refractivity contribution in [3.05, 3.63) is 52.1 Å². The Kier molecular flexibility index (Phi) is 7.24. The van der Waals surface area contributed by atoms with E-state index in [-0.39, 0.29) is 24.8 Å². The highest BCUT2D eigenvalue weighted by Gasteiger charge is 2.53. The lowest BCUT2D eigenvalue weighted by atomic mass is 10.1. The Hall–Kier alpha value is -2.65. The summed E-state index contributed by atoms with van der Waals surface area (Å²) in [6, 6.07) is 9.52. The van der Waals surface area contributed by atoms with Gasteiger partial charge in [0.15, 0.2) is 33.3 Å². The van der Waals surface area contributed by atoms with Gasteiger partial charge in [-0.3, -0.25) is 9.88 Å². The molecule has 11 nitrogen and oxygen atoms in total.